The van der Waals surface area contributed by atoms with E-state index in [1.165, 1.54) is 0 Å². The van der Waals surface area contributed by atoms with Crippen molar-refractivity contribution in [1.82, 2.24) is 4.90 Å². The van der Waals surface area contributed by atoms with Gasteiger partial charge in [-0.05, 0) is 12.8 Å². The van der Waals surface area contributed by atoms with Crippen LogP contribution < -0.4 is 0 Å². The highest BCUT2D eigenvalue weighted by molar-refractivity contribution is 5.79. The lowest BCUT2D eigenvalue weighted by atomic mass is 9.94. The predicted octanol–water partition coefficient (Wildman–Crippen LogP) is 0.586. The lowest BCUT2D eigenvalue weighted by molar-refractivity contribution is -0.125. The van der Waals surface area contributed by atoms with E-state index >= 15 is 0 Å². The summed E-state index contributed by atoms with van der Waals surface area (Å²) in [7, 11) is 1.77. The zero-order chi connectivity index (χ0) is 8.27. The molecule has 1 aliphatic rings. The van der Waals surface area contributed by atoms with Crippen molar-refractivity contribution in [2.24, 2.45) is 0 Å². The average molecular weight is 155 g/mol. The van der Waals surface area contributed by atoms with Gasteiger partial charge in [0.05, 0.1) is 0 Å². The van der Waals surface area contributed by atoms with Gasteiger partial charge in [0.15, 0.2) is 0 Å². The molecule has 1 aliphatic carbocycles. The van der Waals surface area contributed by atoms with E-state index in [0.717, 1.165) is 19.3 Å². The van der Waals surface area contributed by atoms with Gasteiger partial charge in [-0.3, -0.25) is 9.59 Å². The largest absolute Gasteiger partial charge is 0.345 e. The Morgan fingerprint density at radius 2 is 2.00 bits per heavy atom. The molecular formula is C8H13NO2. The number of ketones is 1. The molecule has 62 valence electrons. The maximum atomic E-state index is 10.8. The first-order valence-corrected chi connectivity index (χ1v) is 3.93. The van der Waals surface area contributed by atoms with Crippen LogP contribution in [0.5, 0.6) is 0 Å². The van der Waals surface area contributed by atoms with E-state index in [2.05, 4.69) is 0 Å². The van der Waals surface area contributed by atoms with Crippen LogP contribution in [0.3, 0.4) is 0 Å². The fourth-order valence-corrected chi connectivity index (χ4v) is 1.42. The first kappa shape index (κ1) is 8.24. The first-order valence-electron chi connectivity index (χ1n) is 3.93. The number of rotatable bonds is 2. The van der Waals surface area contributed by atoms with E-state index in [0.29, 0.717) is 24.7 Å². The topological polar surface area (TPSA) is 37.4 Å². The van der Waals surface area contributed by atoms with E-state index in [1.54, 1.807) is 11.9 Å². The summed E-state index contributed by atoms with van der Waals surface area (Å²) in [5.41, 5.74) is 0. The van der Waals surface area contributed by atoms with Gasteiger partial charge in [-0.15, -0.1) is 0 Å². The van der Waals surface area contributed by atoms with Crippen LogP contribution in [0.1, 0.15) is 25.7 Å². The molecule has 0 aromatic rings. The average Bonchev–Trinajstić information content (AvgIpc) is 2.05. The molecule has 1 fully saturated rings. The molecule has 0 aromatic carbocycles. The van der Waals surface area contributed by atoms with Crippen LogP contribution in [0, 0.1) is 0 Å². The van der Waals surface area contributed by atoms with Gasteiger partial charge >= 0.3 is 0 Å². The highest BCUT2D eigenvalue weighted by Gasteiger charge is 2.20. The molecule has 1 saturated carbocycles. The van der Waals surface area contributed by atoms with Gasteiger partial charge in [0.25, 0.3) is 0 Å². The Hall–Kier alpha value is -0.860. The summed E-state index contributed by atoms with van der Waals surface area (Å²) < 4.78 is 0. The van der Waals surface area contributed by atoms with Gasteiger partial charge in [-0.25, -0.2) is 0 Å². The first-order chi connectivity index (χ1) is 5.24. The van der Waals surface area contributed by atoms with Gasteiger partial charge in [-0.2, -0.15) is 0 Å². The highest BCUT2D eigenvalue weighted by atomic mass is 16.1. The van der Waals surface area contributed by atoms with Crippen molar-refractivity contribution in [3.63, 3.8) is 0 Å². The Labute approximate surface area is 66.4 Å². The molecule has 0 aliphatic heterocycles. The number of carbonyl (C=O) groups excluding carboxylic acids is 2. The second-order valence-corrected chi connectivity index (χ2v) is 3.04. The van der Waals surface area contributed by atoms with E-state index in [4.69, 9.17) is 0 Å². The van der Waals surface area contributed by atoms with E-state index in [1.807, 2.05) is 0 Å². The minimum absolute atomic E-state index is 0.296. The smallest absolute Gasteiger partial charge is 0.209 e. The third kappa shape index (κ3) is 2.03. The fourth-order valence-electron chi connectivity index (χ4n) is 1.42. The van der Waals surface area contributed by atoms with Gasteiger partial charge in [0.2, 0.25) is 6.41 Å². The number of carbonyl (C=O) groups is 2. The van der Waals surface area contributed by atoms with Crippen LogP contribution in [-0.2, 0) is 9.59 Å². The van der Waals surface area contributed by atoms with Crippen molar-refractivity contribution in [3.8, 4) is 0 Å². The highest BCUT2D eigenvalue weighted by Crippen LogP contribution is 2.17. The molecule has 0 bridgehead atoms. The van der Waals surface area contributed by atoms with Gasteiger partial charge in [0, 0.05) is 25.9 Å². The Bertz CT molecular complexity index is 157. The summed E-state index contributed by atoms with van der Waals surface area (Å²) >= 11 is 0. The lowest BCUT2D eigenvalue weighted by Gasteiger charge is -2.27. The minimum atomic E-state index is 0.296. The number of hydrogen-bond acceptors (Lipinski definition) is 2. The van der Waals surface area contributed by atoms with Crippen LogP contribution in [0.15, 0.2) is 0 Å². The summed E-state index contributed by atoms with van der Waals surface area (Å²) in [5.74, 6) is 0.334. The molecule has 0 N–H and O–H groups in total. The Morgan fingerprint density at radius 1 is 1.45 bits per heavy atom. The standard InChI is InChI=1S/C8H13NO2/c1-9(6-10)7-2-4-8(11)5-3-7/h6-7H,2-5H2,1H3. The monoisotopic (exact) mass is 155 g/mol. The third-order valence-corrected chi connectivity index (χ3v) is 2.26. The van der Waals surface area contributed by atoms with Gasteiger partial charge in [0.1, 0.15) is 5.78 Å². The SMILES string of the molecule is CN(C=O)C1CCC(=O)CC1. The van der Waals surface area contributed by atoms with Crippen molar-refractivity contribution in [1.29, 1.82) is 0 Å². The van der Waals surface area contributed by atoms with E-state index in [-0.39, 0.29) is 0 Å². The minimum Gasteiger partial charge on any atom is -0.345 e. The Morgan fingerprint density at radius 3 is 2.45 bits per heavy atom. The Balaban J connectivity index is 2.38. The Kier molecular flexibility index (Phi) is 2.63. The quantitative estimate of drug-likeness (QED) is 0.547. The summed E-state index contributed by atoms with van der Waals surface area (Å²) in [6.45, 7) is 0. The predicted molar refractivity (Wildman–Crippen MR) is 41.1 cm³/mol. The molecule has 0 atom stereocenters. The molecule has 0 unspecified atom stereocenters. The van der Waals surface area contributed by atoms with Crippen molar-refractivity contribution < 1.29 is 9.59 Å². The summed E-state index contributed by atoms with van der Waals surface area (Å²) in [4.78, 5) is 22.8. The molecule has 0 saturated heterocycles. The molecule has 3 nitrogen and oxygen atoms in total. The van der Waals surface area contributed by atoms with Gasteiger partial charge in [-0.1, -0.05) is 0 Å². The van der Waals surface area contributed by atoms with Crippen molar-refractivity contribution in [2.75, 3.05) is 7.05 Å². The van der Waals surface area contributed by atoms with Crippen LogP contribution in [0.25, 0.3) is 0 Å². The third-order valence-electron chi connectivity index (χ3n) is 2.26. The maximum Gasteiger partial charge on any atom is 0.209 e. The van der Waals surface area contributed by atoms with E-state index < -0.39 is 0 Å². The maximum absolute atomic E-state index is 10.8. The van der Waals surface area contributed by atoms with Crippen molar-refractivity contribution in [2.45, 2.75) is 31.7 Å². The number of hydrogen-bond donors (Lipinski definition) is 0. The van der Waals surface area contributed by atoms with E-state index in [9.17, 15) is 9.59 Å². The molecule has 0 spiro atoms. The van der Waals surface area contributed by atoms with Crippen LogP contribution >= 0.6 is 0 Å². The number of nitrogens with zero attached hydrogens (tertiary/aromatic N) is 1. The van der Waals surface area contributed by atoms with Gasteiger partial charge < -0.3 is 4.90 Å². The fraction of sp³-hybridized carbons (Fsp3) is 0.750. The molecule has 0 radical (unpaired) electrons. The van der Waals surface area contributed by atoms with Crippen LogP contribution in [-0.4, -0.2) is 30.2 Å². The normalized spacial score (nSPS) is 19.9. The zero-order valence-electron chi connectivity index (χ0n) is 6.75. The second-order valence-electron chi connectivity index (χ2n) is 3.04. The molecular weight excluding hydrogens is 142 g/mol. The zero-order valence-corrected chi connectivity index (χ0v) is 6.75. The number of amides is 1. The summed E-state index contributed by atoms with van der Waals surface area (Å²) in [6.07, 6.45) is 3.80. The van der Waals surface area contributed by atoms with Crippen LogP contribution in [0.2, 0.25) is 0 Å². The van der Waals surface area contributed by atoms with Crippen LogP contribution in [0.4, 0.5) is 0 Å². The van der Waals surface area contributed by atoms with Crippen molar-refractivity contribution >= 4 is 12.2 Å². The second kappa shape index (κ2) is 3.51. The molecule has 1 amide bonds. The van der Waals surface area contributed by atoms with Crippen molar-refractivity contribution in [3.05, 3.63) is 0 Å². The lowest BCUT2D eigenvalue weighted by Crippen LogP contribution is -2.34. The molecule has 0 heterocycles. The summed E-state index contributed by atoms with van der Waals surface area (Å²) in [5, 5.41) is 0. The summed E-state index contributed by atoms with van der Waals surface area (Å²) in [6, 6.07) is 0.296. The molecule has 0 aromatic heterocycles. The molecule has 11 heavy (non-hydrogen) atoms. The number of Topliss-reactive ketones (excluding diaryl/α,β-unsaturated/α-hetero) is 1. The molecule has 3 heteroatoms. The molecule has 1 rings (SSSR count).